The van der Waals surface area contributed by atoms with Crippen molar-refractivity contribution in [3.63, 3.8) is 0 Å². The molecule has 6 nitrogen and oxygen atoms in total. The van der Waals surface area contributed by atoms with Crippen LogP contribution in [-0.2, 0) is 12.8 Å². The van der Waals surface area contributed by atoms with Crippen molar-refractivity contribution in [3.05, 3.63) is 27.2 Å². The fraction of sp³-hybridized carbons (Fsp3) is 0.643. The van der Waals surface area contributed by atoms with Gasteiger partial charge in [0.2, 0.25) is 0 Å². The molecule has 1 aromatic heterocycles. The molecule has 0 fully saturated rings. The molecule has 0 radical (unpaired) electrons. The van der Waals surface area contributed by atoms with E-state index < -0.39 is 5.56 Å². The molecule has 0 spiro atoms. The monoisotopic (exact) mass is 281 g/mol. The van der Waals surface area contributed by atoms with Crippen LogP contribution in [0.25, 0.3) is 0 Å². The molecule has 0 saturated heterocycles. The van der Waals surface area contributed by atoms with Gasteiger partial charge in [-0.3, -0.25) is 9.59 Å². The van der Waals surface area contributed by atoms with Gasteiger partial charge in [0.1, 0.15) is 5.56 Å². The van der Waals surface area contributed by atoms with Crippen LogP contribution in [0, 0.1) is 0 Å². The summed E-state index contributed by atoms with van der Waals surface area (Å²) in [6, 6.07) is 0. The number of carbonyl (C=O) groups is 1. The summed E-state index contributed by atoms with van der Waals surface area (Å²) in [5.41, 5.74) is 1.17. The van der Waals surface area contributed by atoms with Gasteiger partial charge in [-0.1, -0.05) is 20.8 Å². The molecule has 0 aliphatic carbocycles. The van der Waals surface area contributed by atoms with Gasteiger partial charge in [-0.25, -0.2) is 5.10 Å². The first-order valence-corrected chi connectivity index (χ1v) is 7.11. The number of hydrogen-bond donors (Lipinski definition) is 2. The minimum absolute atomic E-state index is 0.114. The molecule has 112 valence electrons. The van der Waals surface area contributed by atoms with Crippen LogP contribution >= 0.6 is 0 Å². The molecule has 1 aromatic rings. The summed E-state index contributed by atoms with van der Waals surface area (Å²) in [6.45, 7) is 6.43. The van der Waals surface area contributed by atoms with E-state index in [0.29, 0.717) is 24.9 Å². The third kappa shape index (κ3) is 3.45. The molecule has 1 amide bonds. The normalized spacial score (nSPS) is 10.6. The van der Waals surface area contributed by atoms with Gasteiger partial charge in [-0.15, -0.1) is 0 Å². The first kappa shape index (κ1) is 16.4. The van der Waals surface area contributed by atoms with Crippen LogP contribution in [0.5, 0.6) is 0 Å². The average Bonchev–Trinajstić information content (AvgIpc) is 2.45. The zero-order chi connectivity index (χ0) is 15.1. The Morgan fingerprint density at radius 2 is 1.95 bits per heavy atom. The number of amides is 1. The molecule has 0 aromatic carbocycles. The van der Waals surface area contributed by atoms with E-state index in [1.165, 1.54) is 4.90 Å². The highest BCUT2D eigenvalue weighted by Crippen LogP contribution is 2.12. The lowest BCUT2D eigenvalue weighted by Crippen LogP contribution is -2.38. The van der Waals surface area contributed by atoms with Gasteiger partial charge < -0.3 is 10.0 Å². The summed E-state index contributed by atoms with van der Waals surface area (Å²) >= 11 is 0. The predicted molar refractivity (Wildman–Crippen MR) is 76.9 cm³/mol. The molecule has 2 N–H and O–H groups in total. The largest absolute Gasteiger partial charge is 0.395 e. The van der Waals surface area contributed by atoms with Crippen molar-refractivity contribution in [2.24, 2.45) is 0 Å². The van der Waals surface area contributed by atoms with Crippen LogP contribution in [0.1, 0.15) is 48.8 Å². The Balaban J connectivity index is 3.29. The minimum atomic E-state index is -0.455. The van der Waals surface area contributed by atoms with Crippen molar-refractivity contribution < 1.29 is 9.90 Å². The Morgan fingerprint density at radius 1 is 1.25 bits per heavy atom. The quantitative estimate of drug-likeness (QED) is 0.772. The highest BCUT2D eigenvalue weighted by molar-refractivity contribution is 5.95. The third-order valence-corrected chi connectivity index (χ3v) is 3.22. The zero-order valence-corrected chi connectivity index (χ0v) is 12.4. The zero-order valence-electron chi connectivity index (χ0n) is 12.4. The lowest BCUT2D eigenvalue weighted by Gasteiger charge is -2.22. The predicted octanol–water partition coefficient (Wildman–Crippen LogP) is 0.739. The molecule has 0 bridgehead atoms. The van der Waals surface area contributed by atoms with Crippen molar-refractivity contribution in [1.82, 2.24) is 15.1 Å². The van der Waals surface area contributed by atoms with Crippen molar-refractivity contribution in [2.45, 2.75) is 40.0 Å². The summed E-state index contributed by atoms with van der Waals surface area (Å²) in [6.07, 6.45) is 2.02. The number of nitrogens with zero attached hydrogens (tertiary/aromatic N) is 2. The Hall–Kier alpha value is -1.69. The van der Waals surface area contributed by atoms with Crippen LogP contribution in [0.2, 0.25) is 0 Å². The van der Waals surface area contributed by atoms with Gasteiger partial charge in [0.05, 0.1) is 12.3 Å². The fourth-order valence-electron chi connectivity index (χ4n) is 2.29. The molecule has 1 rings (SSSR count). The number of rotatable bonds is 7. The first-order valence-electron chi connectivity index (χ1n) is 7.11. The molecule has 6 heteroatoms. The number of aromatic nitrogens is 2. The lowest BCUT2D eigenvalue weighted by molar-refractivity contribution is 0.0718. The van der Waals surface area contributed by atoms with E-state index >= 15 is 0 Å². The van der Waals surface area contributed by atoms with E-state index in [1.54, 1.807) is 0 Å². The maximum Gasteiger partial charge on any atom is 0.277 e. The van der Waals surface area contributed by atoms with E-state index in [-0.39, 0.29) is 24.6 Å². The van der Waals surface area contributed by atoms with Gasteiger partial charge in [-0.2, -0.15) is 5.10 Å². The first-order chi connectivity index (χ1) is 9.60. The standard InChI is InChI=1S/C14H23N3O3/c1-4-7-17(8-9-18)14(20)12-10(5-2)11(6-3)15-16-13(12)19/h18H,4-9H2,1-3H3,(H,16,19). The van der Waals surface area contributed by atoms with Crippen LogP contribution < -0.4 is 5.56 Å². The van der Waals surface area contributed by atoms with Gasteiger partial charge in [0.15, 0.2) is 0 Å². The van der Waals surface area contributed by atoms with Crippen molar-refractivity contribution >= 4 is 5.91 Å². The molecule has 20 heavy (non-hydrogen) atoms. The Labute approximate surface area is 118 Å². The van der Waals surface area contributed by atoms with Gasteiger partial charge in [0, 0.05) is 13.1 Å². The lowest BCUT2D eigenvalue weighted by atomic mass is 10.0. The number of nitrogens with one attached hydrogen (secondary N) is 1. The second-order valence-electron chi connectivity index (χ2n) is 4.58. The minimum Gasteiger partial charge on any atom is -0.395 e. The maximum absolute atomic E-state index is 12.6. The number of aliphatic hydroxyl groups is 1. The molecule has 0 aliphatic rings. The SMILES string of the molecule is CCCN(CCO)C(=O)c1c(CC)c(CC)n[nH]c1=O. The smallest absolute Gasteiger partial charge is 0.277 e. The van der Waals surface area contributed by atoms with E-state index in [9.17, 15) is 9.59 Å². The highest BCUT2D eigenvalue weighted by atomic mass is 16.3. The molecule has 1 heterocycles. The summed E-state index contributed by atoms with van der Waals surface area (Å²) in [5, 5.41) is 15.5. The van der Waals surface area contributed by atoms with E-state index in [2.05, 4.69) is 10.2 Å². The summed E-state index contributed by atoms with van der Waals surface area (Å²) in [5.74, 6) is -0.323. The molecule has 0 aliphatic heterocycles. The molecule has 0 saturated carbocycles. The third-order valence-electron chi connectivity index (χ3n) is 3.22. The number of carbonyl (C=O) groups excluding carboxylic acids is 1. The number of H-pyrrole nitrogens is 1. The fourth-order valence-corrected chi connectivity index (χ4v) is 2.29. The van der Waals surface area contributed by atoms with E-state index in [0.717, 1.165) is 12.1 Å². The second-order valence-corrected chi connectivity index (χ2v) is 4.58. The van der Waals surface area contributed by atoms with Crippen LogP contribution in [0.3, 0.4) is 0 Å². The van der Waals surface area contributed by atoms with Crippen molar-refractivity contribution in [1.29, 1.82) is 0 Å². The summed E-state index contributed by atoms with van der Waals surface area (Å²) < 4.78 is 0. The number of hydrogen-bond acceptors (Lipinski definition) is 4. The van der Waals surface area contributed by atoms with E-state index in [1.807, 2.05) is 20.8 Å². The topological polar surface area (TPSA) is 86.3 Å². The Morgan fingerprint density at radius 3 is 2.45 bits per heavy atom. The van der Waals surface area contributed by atoms with Gasteiger partial charge in [-0.05, 0) is 24.8 Å². The van der Waals surface area contributed by atoms with Gasteiger partial charge in [0.25, 0.3) is 11.5 Å². The van der Waals surface area contributed by atoms with Crippen LogP contribution in [0.15, 0.2) is 4.79 Å². The number of aromatic amines is 1. The van der Waals surface area contributed by atoms with Gasteiger partial charge >= 0.3 is 0 Å². The number of aryl methyl sites for hydroxylation is 1. The molecule has 0 atom stereocenters. The Kier molecular flexibility index (Phi) is 6.38. The summed E-state index contributed by atoms with van der Waals surface area (Å²) in [7, 11) is 0. The number of aliphatic hydroxyl groups excluding tert-OH is 1. The molecular formula is C14H23N3O3. The van der Waals surface area contributed by atoms with Crippen molar-refractivity contribution in [3.8, 4) is 0 Å². The average molecular weight is 281 g/mol. The van der Waals surface area contributed by atoms with E-state index in [4.69, 9.17) is 5.11 Å². The highest BCUT2D eigenvalue weighted by Gasteiger charge is 2.23. The maximum atomic E-state index is 12.6. The molecular weight excluding hydrogens is 258 g/mol. The van der Waals surface area contributed by atoms with Crippen LogP contribution in [0.4, 0.5) is 0 Å². The second kappa shape index (κ2) is 7.79. The Bertz CT molecular complexity index is 505. The van der Waals surface area contributed by atoms with Crippen LogP contribution in [-0.4, -0.2) is 45.8 Å². The molecule has 0 unspecified atom stereocenters. The van der Waals surface area contributed by atoms with Crippen molar-refractivity contribution in [2.75, 3.05) is 19.7 Å². The summed E-state index contributed by atoms with van der Waals surface area (Å²) in [4.78, 5) is 26.1.